The van der Waals surface area contributed by atoms with Crippen molar-refractivity contribution in [3.8, 4) is 0 Å². The lowest BCUT2D eigenvalue weighted by atomic mass is 10.3. The van der Waals surface area contributed by atoms with Crippen LogP contribution < -0.4 is 10.6 Å². The van der Waals surface area contributed by atoms with Crippen molar-refractivity contribution in [3.63, 3.8) is 0 Å². The van der Waals surface area contributed by atoms with E-state index in [1.54, 1.807) is 17.7 Å². The molecule has 2 heterocycles. The number of nitrogens with one attached hydrogen (secondary N) is 2. The summed E-state index contributed by atoms with van der Waals surface area (Å²) in [5.74, 6) is 1.64. The number of aryl methyl sites for hydroxylation is 2. The summed E-state index contributed by atoms with van der Waals surface area (Å²) in [7, 11) is 1.92. The van der Waals surface area contributed by atoms with Gasteiger partial charge in [0.25, 0.3) is 0 Å². The zero-order valence-corrected chi connectivity index (χ0v) is 15.6. The topological polar surface area (TPSA) is 67.1 Å². The first-order chi connectivity index (χ1) is 9.70. The molecule has 2 aromatic rings. The molecule has 0 aliphatic rings. The molecule has 0 fully saturated rings. The second kappa shape index (κ2) is 8.98. The van der Waals surface area contributed by atoms with Gasteiger partial charge in [0, 0.05) is 18.5 Å². The van der Waals surface area contributed by atoms with Gasteiger partial charge in [-0.2, -0.15) is 0 Å². The summed E-state index contributed by atoms with van der Waals surface area (Å²) >= 11 is 1.76. The van der Waals surface area contributed by atoms with Gasteiger partial charge in [-0.25, -0.2) is 4.99 Å². The highest BCUT2D eigenvalue weighted by Crippen LogP contribution is 2.14. The first-order valence-electron chi connectivity index (χ1n) is 6.58. The molecule has 0 atom stereocenters. The van der Waals surface area contributed by atoms with Gasteiger partial charge in [-0.1, -0.05) is 0 Å². The summed E-state index contributed by atoms with van der Waals surface area (Å²) in [5, 5.41) is 16.6. The molecular formula is C13H21IN6S. The van der Waals surface area contributed by atoms with Gasteiger partial charge in [-0.05, 0) is 30.9 Å². The molecule has 0 spiro atoms. The average molecular weight is 420 g/mol. The Morgan fingerprint density at radius 2 is 2.24 bits per heavy atom. The number of halogens is 1. The standard InChI is InChI=1S/C13H20N6S.HI/c1-4-14-13(15-7-11-10(2)5-6-20-11)16-8-12-18-17-9-19(12)3;/h5-6,9H,4,7-8H2,1-3H3,(H2,14,15,16);1H. The Hall–Kier alpha value is -1.16. The highest BCUT2D eigenvalue weighted by atomic mass is 127. The Labute approximate surface area is 146 Å². The van der Waals surface area contributed by atoms with E-state index in [-0.39, 0.29) is 24.0 Å². The molecule has 2 rings (SSSR count). The fourth-order valence-electron chi connectivity index (χ4n) is 1.69. The van der Waals surface area contributed by atoms with E-state index in [0.717, 1.165) is 24.9 Å². The molecule has 0 aromatic carbocycles. The summed E-state index contributed by atoms with van der Waals surface area (Å²) in [5.41, 5.74) is 1.31. The van der Waals surface area contributed by atoms with Crippen molar-refractivity contribution in [1.82, 2.24) is 25.4 Å². The molecule has 0 amide bonds. The molecule has 0 aliphatic carbocycles. The van der Waals surface area contributed by atoms with Crippen LogP contribution in [0.3, 0.4) is 0 Å². The number of aromatic nitrogens is 3. The fraction of sp³-hybridized carbons (Fsp3) is 0.462. The third kappa shape index (κ3) is 5.27. The maximum Gasteiger partial charge on any atom is 0.191 e. The molecule has 0 saturated heterocycles. The van der Waals surface area contributed by atoms with Gasteiger partial charge in [0.05, 0.1) is 6.54 Å². The summed E-state index contributed by atoms with van der Waals surface area (Å²) in [6.07, 6.45) is 1.68. The third-order valence-electron chi connectivity index (χ3n) is 2.91. The first-order valence-corrected chi connectivity index (χ1v) is 7.46. The molecule has 0 aliphatic heterocycles. The lowest BCUT2D eigenvalue weighted by Crippen LogP contribution is -2.36. The van der Waals surface area contributed by atoms with Crippen LogP contribution >= 0.6 is 35.3 Å². The van der Waals surface area contributed by atoms with E-state index in [0.29, 0.717) is 6.54 Å². The highest BCUT2D eigenvalue weighted by molar-refractivity contribution is 14.0. The van der Waals surface area contributed by atoms with Gasteiger partial charge < -0.3 is 15.2 Å². The lowest BCUT2D eigenvalue weighted by Gasteiger charge is -2.10. The van der Waals surface area contributed by atoms with E-state index in [2.05, 4.69) is 51.1 Å². The monoisotopic (exact) mass is 420 g/mol. The molecule has 116 valence electrons. The van der Waals surface area contributed by atoms with E-state index in [9.17, 15) is 0 Å². The number of thiophene rings is 1. The summed E-state index contributed by atoms with van der Waals surface area (Å²) in [4.78, 5) is 5.85. The van der Waals surface area contributed by atoms with Crippen molar-refractivity contribution >= 4 is 41.3 Å². The van der Waals surface area contributed by atoms with Crippen LogP contribution in [0.1, 0.15) is 23.2 Å². The maximum atomic E-state index is 4.52. The minimum Gasteiger partial charge on any atom is -0.357 e. The van der Waals surface area contributed by atoms with E-state index in [4.69, 9.17) is 0 Å². The SMILES string of the molecule is CCNC(=NCc1nncn1C)NCc1sccc1C.I. The molecule has 0 bridgehead atoms. The van der Waals surface area contributed by atoms with Crippen LogP contribution in [0.5, 0.6) is 0 Å². The smallest absolute Gasteiger partial charge is 0.191 e. The average Bonchev–Trinajstić information content (AvgIpc) is 3.02. The van der Waals surface area contributed by atoms with Gasteiger partial charge in [0.2, 0.25) is 0 Å². The van der Waals surface area contributed by atoms with Crippen LogP contribution in [0.2, 0.25) is 0 Å². The van der Waals surface area contributed by atoms with Crippen LogP contribution in [0.25, 0.3) is 0 Å². The molecule has 21 heavy (non-hydrogen) atoms. The number of aliphatic imine (C=N–C) groups is 1. The van der Waals surface area contributed by atoms with Crippen molar-refractivity contribution in [2.24, 2.45) is 12.0 Å². The quantitative estimate of drug-likeness (QED) is 0.442. The van der Waals surface area contributed by atoms with Gasteiger partial charge in [-0.3, -0.25) is 0 Å². The van der Waals surface area contributed by atoms with E-state index < -0.39 is 0 Å². The van der Waals surface area contributed by atoms with Crippen molar-refractivity contribution in [3.05, 3.63) is 34.0 Å². The molecular weight excluding hydrogens is 399 g/mol. The van der Waals surface area contributed by atoms with Gasteiger partial charge in [0.15, 0.2) is 11.8 Å². The van der Waals surface area contributed by atoms with Gasteiger partial charge >= 0.3 is 0 Å². The number of nitrogens with zero attached hydrogens (tertiary/aromatic N) is 4. The normalized spacial score (nSPS) is 11.1. The molecule has 8 heteroatoms. The van der Waals surface area contributed by atoms with Crippen molar-refractivity contribution < 1.29 is 0 Å². The molecule has 6 nitrogen and oxygen atoms in total. The van der Waals surface area contributed by atoms with Gasteiger partial charge in [-0.15, -0.1) is 45.5 Å². The zero-order chi connectivity index (χ0) is 14.4. The van der Waals surface area contributed by atoms with E-state index in [1.807, 2.05) is 11.6 Å². The predicted molar refractivity (Wildman–Crippen MR) is 97.1 cm³/mol. The predicted octanol–water partition coefficient (Wildman–Crippen LogP) is 2.06. The Kier molecular flexibility index (Phi) is 7.65. The highest BCUT2D eigenvalue weighted by Gasteiger charge is 2.03. The van der Waals surface area contributed by atoms with Crippen LogP contribution in [0, 0.1) is 6.92 Å². The second-order valence-corrected chi connectivity index (χ2v) is 5.43. The van der Waals surface area contributed by atoms with Crippen molar-refractivity contribution in [2.75, 3.05) is 6.54 Å². The maximum absolute atomic E-state index is 4.52. The molecule has 2 N–H and O–H groups in total. The number of rotatable bonds is 5. The first kappa shape index (κ1) is 17.9. The Bertz CT molecular complexity index is 577. The summed E-state index contributed by atoms with van der Waals surface area (Å²) in [6, 6.07) is 2.13. The minimum atomic E-state index is 0. The molecule has 2 aromatic heterocycles. The Balaban J connectivity index is 0.00000220. The van der Waals surface area contributed by atoms with Crippen LogP contribution in [0.4, 0.5) is 0 Å². The Morgan fingerprint density at radius 1 is 1.43 bits per heavy atom. The number of hydrogen-bond donors (Lipinski definition) is 2. The van der Waals surface area contributed by atoms with Gasteiger partial charge in [0.1, 0.15) is 12.9 Å². The largest absolute Gasteiger partial charge is 0.357 e. The van der Waals surface area contributed by atoms with Crippen LogP contribution in [-0.2, 0) is 20.1 Å². The summed E-state index contributed by atoms with van der Waals surface area (Å²) < 4.78 is 1.87. The number of guanidine groups is 1. The van der Waals surface area contributed by atoms with E-state index in [1.165, 1.54) is 10.4 Å². The summed E-state index contributed by atoms with van der Waals surface area (Å²) in [6.45, 7) is 6.30. The van der Waals surface area contributed by atoms with Crippen LogP contribution in [-0.4, -0.2) is 27.3 Å². The van der Waals surface area contributed by atoms with Crippen LogP contribution in [0.15, 0.2) is 22.8 Å². The zero-order valence-electron chi connectivity index (χ0n) is 12.5. The second-order valence-electron chi connectivity index (χ2n) is 4.43. The molecule has 0 radical (unpaired) electrons. The minimum absolute atomic E-state index is 0. The fourth-order valence-corrected chi connectivity index (χ4v) is 2.54. The third-order valence-corrected chi connectivity index (χ3v) is 3.94. The molecule has 0 saturated carbocycles. The van der Waals surface area contributed by atoms with E-state index >= 15 is 0 Å². The van der Waals surface area contributed by atoms with Crippen molar-refractivity contribution in [1.29, 1.82) is 0 Å². The van der Waals surface area contributed by atoms with Crippen molar-refractivity contribution in [2.45, 2.75) is 26.9 Å². The number of hydrogen-bond acceptors (Lipinski definition) is 4. The Morgan fingerprint density at radius 3 is 2.81 bits per heavy atom. The lowest BCUT2D eigenvalue weighted by molar-refractivity contribution is 0.768. The molecule has 0 unspecified atom stereocenters.